The van der Waals surface area contributed by atoms with E-state index in [9.17, 15) is 9.90 Å². The Morgan fingerprint density at radius 3 is 2.50 bits per heavy atom. The topological polar surface area (TPSA) is 55.8 Å². The van der Waals surface area contributed by atoms with Crippen molar-refractivity contribution in [1.82, 2.24) is 0 Å². The molecule has 0 rings (SSSR count). The molecule has 0 saturated heterocycles. The summed E-state index contributed by atoms with van der Waals surface area (Å²) in [4.78, 5) is 10.6. The highest BCUT2D eigenvalue weighted by atomic mass is 16.5. The van der Waals surface area contributed by atoms with Crippen LogP contribution in [-0.4, -0.2) is 37.0 Å². The van der Waals surface area contributed by atoms with Crippen molar-refractivity contribution in [3.05, 3.63) is 0 Å². The van der Waals surface area contributed by atoms with Crippen LogP contribution in [0, 0.1) is 0 Å². The van der Waals surface area contributed by atoms with Crippen LogP contribution in [0.15, 0.2) is 0 Å². The van der Waals surface area contributed by atoms with E-state index in [4.69, 9.17) is 4.74 Å². The Hall–Kier alpha value is -0.610. The van der Waals surface area contributed by atoms with Crippen LogP contribution in [0.3, 0.4) is 0 Å². The number of hydrogen-bond donors (Lipinski definition) is 1. The van der Waals surface area contributed by atoms with Crippen molar-refractivity contribution >= 4 is 5.97 Å². The second kappa shape index (κ2) is 5.97. The number of carbonyl (C=O) groups is 1. The van der Waals surface area contributed by atoms with E-state index >= 15 is 0 Å². The molecule has 0 fully saturated rings. The van der Waals surface area contributed by atoms with E-state index in [1.54, 1.807) is 0 Å². The molecule has 0 aromatic heterocycles. The van der Waals surface area contributed by atoms with Gasteiger partial charge in [0, 0.05) is 0 Å². The summed E-state index contributed by atoms with van der Waals surface area (Å²) in [5.74, 6) is -0.421. The molecule has 0 aliphatic carbocycles. The fourth-order valence-electron chi connectivity index (χ4n) is 0.638. The standard InChI is InChI=1S/C8H16O4/c1-6(2)12-5-7(9)4-8(10)11-3/h6-7,9H,4-5H2,1-3H3/t7-/m1/s1. The van der Waals surface area contributed by atoms with E-state index in [1.165, 1.54) is 7.11 Å². The van der Waals surface area contributed by atoms with Crippen LogP contribution in [0.2, 0.25) is 0 Å². The first-order valence-corrected chi connectivity index (χ1v) is 3.92. The molecule has 72 valence electrons. The maximum Gasteiger partial charge on any atom is 0.308 e. The summed E-state index contributed by atoms with van der Waals surface area (Å²) in [5.41, 5.74) is 0. The third kappa shape index (κ3) is 6.12. The predicted molar refractivity (Wildman–Crippen MR) is 43.7 cm³/mol. The number of rotatable bonds is 5. The van der Waals surface area contributed by atoms with Gasteiger partial charge < -0.3 is 14.6 Å². The minimum Gasteiger partial charge on any atom is -0.469 e. The third-order valence-corrected chi connectivity index (χ3v) is 1.25. The van der Waals surface area contributed by atoms with E-state index < -0.39 is 12.1 Å². The van der Waals surface area contributed by atoms with Crippen molar-refractivity contribution in [3.8, 4) is 0 Å². The van der Waals surface area contributed by atoms with Crippen molar-refractivity contribution < 1.29 is 19.4 Å². The molecule has 0 aromatic rings. The maximum absolute atomic E-state index is 10.6. The summed E-state index contributed by atoms with van der Waals surface area (Å²) < 4.78 is 9.46. The molecule has 0 amide bonds. The predicted octanol–water partition coefficient (Wildman–Crippen LogP) is 0.335. The first-order chi connectivity index (χ1) is 5.56. The molecule has 1 N–H and O–H groups in total. The smallest absolute Gasteiger partial charge is 0.308 e. The van der Waals surface area contributed by atoms with Gasteiger partial charge in [0.1, 0.15) is 0 Å². The lowest BCUT2D eigenvalue weighted by molar-refractivity contribution is -0.144. The highest BCUT2D eigenvalue weighted by Crippen LogP contribution is 1.97. The van der Waals surface area contributed by atoms with E-state index in [1.807, 2.05) is 13.8 Å². The molecule has 0 heterocycles. The Morgan fingerprint density at radius 1 is 1.50 bits per heavy atom. The normalized spacial score (nSPS) is 13.1. The van der Waals surface area contributed by atoms with Gasteiger partial charge in [-0.2, -0.15) is 0 Å². The fraction of sp³-hybridized carbons (Fsp3) is 0.875. The third-order valence-electron chi connectivity index (χ3n) is 1.25. The lowest BCUT2D eigenvalue weighted by Gasteiger charge is -2.11. The molecule has 0 aliphatic heterocycles. The first kappa shape index (κ1) is 11.4. The molecule has 1 atom stereocenters. The molecular weight excluding hydrogens is 160 g/mol. The summed E-state index contributed by atoms with van der Waals surface area (Å²) in [6.45, 7) is 3.91. The number of hydrogen-bond acceptors (Lipinski definition) is 4. The van der Waals surface area contributed by atoms with Crippen molar-refractivity contribution in [2.24, 2.45) is 0 Å². The fourth-order valence-corrected chi connectivity index (χ4v) is 0.638. The van der Waals surface area contributed by atoms with Crippen LogP contribution in [0.4, 0.5) is 0 Å². The van der Waals surface area contributed by atoms with E-state index in [0.717, 1.165) is 0 Å². The first-order valence-electron chi connectivity index (χ1n) is 3.92. The molecule has 0 spiro atoms. The minimum atomic E-state index is -0.764. The Balaban J connectivity index is 3.45. The Labute approximate surface area is 72.5 Å². The van der Waals surface area contributed by atoms with Crippen molar-refractivity contribution in [2.45, 2.75) is 32.5 Å². The molecule has 0 unspecified atom stereocenters. The number of carbonyl (C=O) groups excluding carboxylic acids is 1. The van der Waals surface area contributed by atoms with Crippen LogP contribution >= 0.6 is 0 Å². The molecule has 0 bridgehead atoms. The zero-order chi connectivity index (χ0) is 9.56. The largest absolute Gasteiger partial charge is 0.469 e. The highest BCUT2D eigenvalue weighted by Gasteiger charge is 2.11. The zero-order valence-electron chi connectivity index (χ0n) is 7.74. The van der Waals surface area contributed by atoms with Crippen molar-refractivity contribution in [1.29, 1.82) is 0 Å². The number of ether oxygens (including phenoxy) is 2. The Bertz CT molecular complexity index is 133. The number of methoxy groups -OCH3 is 1. The Morgan fingerprint density at radius 2 is 2.08 bits per heavy atom. The van der Waals surface area contributed by atoms with Gasteiger partial charge in [-0.15, -0.1) is 0 Å². The van der Waals surface area contributed by atoms with Gasteiger partial charge >= 0.3 is 5.97 Å². The zero-order valence-corrected chi connectivity index (χ0v) is 7.74. The SMILES string of the molecule is COC(=O)C[C@@H](O)COC(C)C. The number of aliphatic hydroxyl groups excluding tert-OH is 1. The molecule has 4 nitrogen and oxygen atoms in total. The molecule has 12 heavy (non-hydrogen) atoms. The van der Waals surface area contributed by atoms with Gasteiger partial charge in [-0.25, -0.2) is 0 Å². The average molecular weight is 176 g/mol. The number of aliphatic hydroxyl groups is 1. The minimum absolute atomic E-state index is 0.0107. The van der Waals surface area contributed by atoms with Gasteiger partial charge in [-0.05, 0) is 13.8 Å². The monoisotopic (exact) mass is 176 g/mol. The Kier molecular flexibility index (Phi) is 5.66. The average Bonchev–Trinajstić information content (AvgIpc) is 2.00. The summed E-state index contributed by atoms with van der Waals surface area (Å²) in [6.07, 6.45) is -0.708. The van der Waals surface area contributed by atoms with Gasteiger partial charge in [-0.3, -0.25) is 4.79 Å². The quantitative estimate of drug-likeness (QED) is 0.613. The summed E-state index contributed by atoms with van der Waals surface area (Å²) in [7, 11) is 1.29. The van der Waals surface area contributed by atoms with Crippen LogP contribution < -0.4 is 0 Å². The summed E-state index contributed by atoms with van der Waals surface area (Å²) >= 11 is 0. The van der Waals surface area contributed by atoms with Crippen LogP contribution in [0.1, 0.15) is 20.3 Å². The second-order valence-corrected chi connectivity index (χ2v) is 2.82. The molecular formula is C8H16O4. The van der Waals surface area contributed by atoms with E-state index in [-0.39, 0.29) is 19.1 Å². The summed E-state index contributed by atoms with van der Waals surface area (Å²) in [5, 5.41) is 9.17. The van der Waals surface area contributed by atoms with Gasteiger partial charge in [0.2, 0.25) is 0 Å². The van der Waals surface area contributed by atoms with Crippen molar-refractivity contribution in [3.63, 3.8) is 0 Å². The van der Waals surface area contributed by atoms with Crippen LogP contribution in [0.25, 0.3) is 0 Å². The molecule has 0 aromatic carbocycles. The lowest BCUT2D eigenvalue weighted by atomic mass is 10.3. The molecule has 0 aliphatic rings. The lowest BCUT2D eigenvalue weighted by Crippen LogP contribution is -2.22. The van der Waals surface area contributed by atoms with E-state index in [2.05, 4.69) is 4.74 Å². The van der Waals surface area contributed by atoms with Crippen molar-refractivity contribution in [2.75, 3.05) is 13.7 Å². The highest BCUT2D eigenvalue weighted by molar-refractivity contribution is 5.69. The number of esters is 1. The second-order valence-electron chi connectivity index (χ2n) is 2.82. The maximum atomic E-state index is 10.6. The summed E-state index contributed by atoms with van der Waals surface area (Å²) in [6, 6.07) is 0. The molecule has 0 saturated carbocycles. The van der Waals surface area contributed by atoms with Gasteiger partial charge in [0.05, 0.1) is 32.3 Å². The van der Waals surface area contributed by atoms with Crippen LogP contribution in [-0.2, 0) is 14.3 Å². The van der Waals surface area contributed by atoms with E-state index in [0.29, 0.717) is 0 Å². The molecule has 4 heteroatoms. The van der Waals surface area contributed by atoms with Gasteiger partial charge in [-0.1, -0.05) is 0 Å². The van der Waals surface area contributed by atoms with Gasteiger partial charge in [0.25, 0.3) is 0 Å². The van der Waals surface area contributed by atoms with Gasteiger partial charge in [0.15, 0.2) is 0 Å². The van der Waals surface area contributed by atoms with Crippen LogP contribution in [0.5, 0.6) is 0 Å². The molecule has 0 radical (unpaired) electrons.